The van der Waals surface area contributed by atoms with E-state index in [0.717, 1.165) is 17.7 Å². The Balaban J connectivity index is 1.81. The van der Waals surface area contributed by atoms with Gasteiger partial charge in [-0.3, -0.25) is 9.52 Å². The average molecular weight is 503 g/mol. The number of carbonyl (C=O) groups excluding carboxylic acids is 1. The summed E-state index contributed by atoms with van der Waals surface area (Å²) in [5.74, 6) is -0.816. The number of nitrogens with one attached hydrogen (secondary N) is 2. The van der Waals surface area contributed by atoms with Gasteiger partial charge in [-0.1, -0.05) is 40.9 Å². The highest BCUT2D eigenvalue weighted by Gasteiger charge is 2.31. The Hall–Kier alpha value is -2.75. The highest BCUT2D eigenvalue weighted by molar-refractivity contribution is 7.92. The fraction of sp³-hybridized carbons (Fsp3) is 0.0952. The number of amides is 1. The fourth-order valence-corrected chi connectivity index (χ4v) is 4.16. The van der Waals surface area contributed by atoms with Crippen LogP contribution in [0.3, 0.4) is 0 Å². The number of benzene rings is 3. The van der Waals surface area contributed by atoms with E-state index in [1.165, 1.54) is 30.3 Å². The number of aryl methyl sites for hydroxylation is 1. The maximum absolute atomic E-state index is 12.9. The lowest BCUT2D eigenvalue weighted by Crippen LogP contribution is -2.15. The zero-order chi connectivity index (χ0) is 23.7. The molecule has 0 atom stereocenters. The number of anilines is 2. The van der Waals surface area contributed by atoms with Gasteiger partial charge in [0.15, 0.2) is 0 Å². The number of sulfonamides is 1. The summed E-state index contributed by atoms with van der Waals surface area (Å²) in [5, 5.41) is 2.08. The minimum atomic E-state index is -4.61. The molecule has 5 nitrogen and oxygen atoms in total. The third-order valence-electron chi connectivity index (χ3n) is 4.34. The Morgan fingerprint density at radius 1 is 0.906 bits per heavy atom. The highest BCUT2D eigenvalue weighted by Crippen LogP contribution is 2.34. The van der Waals surface area contributed by atoms with E-state index in [2.05, 4.69) is 10.0 Å². The van der Waals surface area contributed by atoms with E-state index < -0.39 is 27.7 Å². The van der Waals surface area contributed by atoms with Crippen LogP contribution < -0.4 is 10.0 Å². The van der Waals surface area contributed by atoms with E-state index in [0.29, 0.717) is 6.07 Å². The molecule has 11 heteroatoms. The first-order valence-electron chi connectivity index (χ1n) is 8.94. The minimum Gasteiger partial charge on any atom is -0.321 e. The van der Waals surface area contributed by atoms with Gasteiger partial charge in [0, 0.05) is 0 Å². The normalized spacial score (nSPS) is 11.8. The van der Waals surface area contributed by atoms with E-state index in [1.54, 1.807) is 12.1 Å². The molecule has 0 unspecified atom stereocenters. The second-order valence-corrected chi connectivity index (χ2v) is 9.26. The van der Waals surface area contributed by atoms with Gasteiger partial charge in [-0.05, 0) is 55.5 Å². The van der Waals surface area contributed by atoms with Crippen molar-refractivity contribution >= 4 is 50.5 Å². The van der Waals surface area contributed by atoms with Crippen molar-refractivity contribution in [3.8, 4) is 0 Å². The van der Waals surface area contributed by atoms with Crippen molar-refractivity contribution in [1.29, 1.82) is 0 Å². The zero-order valence-corrected chi connectivity index (χ0v) is 18.6. The quantitative estimate of drug-likeness (QED) is 0.425. The molecule has 3 aromatic rings. The van der Waals surface area contributed by atoms with Crippen LogP contribution in [0.25, 0.3) is 0 Å². The molecule has 0 bridgehead atoms. The zero-order valence-electron chi connectivity index (χ0n) is 16.3. The number of alkyl halides is 3. The summed E-state index contributed by atoms with van der Waals surface area (Å²) in [6, 6.07) is 12.5. The second kappa shape index (κ2) is 9.01. The minimum absolute atomic E-state index is 0.0419. The van der Waals surface area contributed by atoms with E-state index in [9.17, 15) is 26.4 Å². The number of halogens is 5. The van der Waals surface area contributed by atoms with Gasteiger partial charge in [-0.15, -0.1) is 0 Å². The highest BCUT2D eigenvalue weighted by atomic mass is 35.5. The predicted molar refractivity (Wildman–Crippen MR) is 118 cm³/mol. The molecule has 0 aliphatic carbocycles. The molecule has 0 fully saturated rings. The molecule has 2 N–H and O–H groups in total. The smallest absolute Gasteiger partial charge is 0.321 e. The molecule has 0 aliphatic heterocycles. The van der Waals surface area contributed by atoms with Crippen LogP contribution >= 0.6 is 23.2 Å². The molecule has 0 saturated heterocycles. The first kappa shape index (κ1) is 23.9. The van der Waals surface area contributed by atoms with Crippen molar-refractivity contribution < 1.29 is 26.4 Å². The Labute approximate surface area is 192 Å². The summed E-state index contributed by atoms with van der Waals surface area (Å²) in [6.45, 7) is 1.82. The number of hydrogen-bond acceptors (Lipinski definition) is 3. The SMILES string of the molecule is Cc1ccc(S(=O)(=O)Nc2ccc(C(=O)Nc3cc(C(F)(F)F)ccc3Cl)c(Cl)c2)cc1. The fourth-order valence-electron chi connectivity index (χ4n) is 2.68. The molecule has 3 rings (SSSR count). The summed E-state index contributed by atoms with van der Waals surface area (Å²) in [6.07, 6.45) is -4.61. The van der Waals surface area contributed by atoms with E-state index >= 15 is 0 Å². The molecule has 0 heterocycles. The van der Waals surface area contributed by atoms with Crippen LogP contribution in [0.4, 0.5) is 24.5 Å². The molecule has 0 spiro atoms. The van der Waals surface area contributed by atoms with Crippen molar-refractivity contribution in [1.82, 2.24) is 0 Å². The topological polar surface area (TPSA) is 75.3 Å². The van der Waals surface area contributed by atoms with E-state index in [-0.39, 0.29) is 31.9 Å². The van der Waals surface area contributed by atoms with Gasteiger partial charge in [0.1, 0.15) is 0 Å². The van der Waals surface area contributed by atoms with Crippen molar-refractivity contribution in [2.24, 2.45) is 0 Å². The van der Waals surface area contributed by atoms with Gasteiger partial charge in [0.2, 0.25) is 0 Å². The molecular formula is C21H15Cl2F3N2O3S. The van der Waals surface area contributed by atoms with Crippen molar-refractivity contribution in [3.05, 3.63) is 87.4 Å². The third-order valence-corrected chi connectivity index (χ3v) is 6.38. The van der Waals surface area contributed by atoms with Crippen LogP contribution in [0.15, 0.2) is 65.6 Å². The van der Waals surface area contributed by atoms with Crippen LogP contribution in [0.2, 0.25) is 10.0 Å². The Kier molecular flexibility index (Phi) is 6.73. The summed E-state index contributed by atoms with van der Waals surface area (Å²) >= 11 is 12.0. The maximum Gasteiger partial charge on any atom is 0.416 e. The molecule has 0 aliphatic rings. The predicted octanol–water partition coefficient (Wildman–Crippen LogP) is 6.37. The number of hydrogen-bond donors (Lipinski definition) is 2. The van der Waals surface area contributed by atoms with Crippen LogP contribution in [0.5, 0.6) is 0 Å². The van der Waals surface area contributed by atoms with Gasteiger partial charge in [0.05, 0.1) is 37.4 Å². The molecule has 32 heavy (non-hydrogen) atoms. The first-order valence-corrected chi connectivity index (χ1v) is 11.2. The lowest BCUT2D eigenvalue weighted by Gasteiger charge is -2.13. The van der Waals surface area contributed by atoms with Crippen molar-refractivity contribution in [3.63, 3.8) is 0 Å². The average Bonchev–Trinajstić information content (AvgIpc) is 2.68. The van der Waals surface area contributed by atoms with Crippen LogP contribution in [0.1, 0.15) is 21.5 Å². The van der Waals surface area contributed by atoms with Crippen LogP contribution in [-0.2, 0) is 16.2 Å². The molecule has 1 amide bonds. The summed E-state index contributed by atoms with van der Waals surface area (Å²) in [5.41, 5.74) is -0.318. The first-order chi connectivity index (χ1) is 14.9. The maximum atomic E-state index is 12.9. The van der Waals surface area contributed by atoms with E-state index in [1.807, 2.05) is 6.92 Å². The molecule has 0 saturated carbocycles. The molecule has 0 radical (unpaired) electrons. The third kappa shape index (κ3) is 5.53. The Morgan fingerprint density at radius 3 is 2.16 bits per heavy atom. The van der Waals surface area contributed by atoms with Gasteiger partial charge >= 0.3 is 6.18 Å². The molecule has 0 aromatic heterocycles. The van der Waals surface area contributed by atoms with Gasteiger partial charge in [-0.2, -0.15) is 13.2 Å². The second-order valence-electron chi connectivity index (χ2n) is 6.76. The van der Waals surface area contributed by atoms with Crippen molar-refractivity contribution in [2.45, 2.75) is 18.0 Å². The summed E-state index contributed by atoms with van der Waals surface area (Å²) in [4.78, 5) is 12.6. The van der Waals surface area contributed by atoms with Crippen LogP contribution in [0, 0.1) is 6.92 Å². The monoisotopic (exact) mass is 502 g/mol. The molecular weight excluding hydrogens is 488 g/mol. The largest absolute Gasteiger partial charge is 0.416 e. The van der Waals surface area contributed by atoms with Gasteiger partial charge in [0.25, 0.3) is 15.9 Å². The standard InChI is InChI=1S/C21H15Cl2F3N2O3S/c1-12-2-6-15(7-3-12)32(30,31)28-14-5-8-16(18(23)11-14)20(29)27-19-10-13(21(24,25)26)4-9-17(19)22/h2-11,28H,1H3,(H,27,29). The lowest BCUT2D eigenvalue weighted by atomic mass is 10.1. The Morgan fingerprint density at radius 2 is 1.56 bits per heavy atom. The van der Waals surface area contributed by atoms with E-state index in [4.69, 9.17) is 23.2 Å². The lowest BCUT2D eigenvalue weighted by molar-refractivity contribution is -0.137. The number of carbonyl (C=O) groups is 1. The summed E-state index contributed by atoms with van der Waals surface area (Å²) in [7, 11) is -3.89. The summed E-state index contributed by atoms with van der Waals surface area (Å²) < 4.78 is 66.1. The van der Waals surface area contributed by atoms with Crippen molar-refractivity contribution in [2.75, 3.05) is 10.0 Å². The number of rotatable bonds is 5. The van der Waals surface area contributed by atoms with Gasteiger partial charge in [-0.25, -0.2) is 8.42 Å². The molecule has 3 aromatic carbocycles. The molecule has 168 valence electrons. The Bertz CT molecular complexity index is 1280. The van der Waals surface area contributed by atoms with Gasteiger partial charge < -0.3 is 5.32 Å². The van der Waals surface area contributed by atoms with Crippen LogP contribution in [-0.4, -0.2) is 14.3 Å².